The Morgan fingerprint density at radius 2 is 1.11 bits per heavy atom. The zero-order valence-corrected chi connectivity index (χ0v) is 31.5. The summed E-state index contributed by atoms with van der Waals surface area (Å²) in [5.41, 5.74) is 17.7. The van der Waals surface area contributed by atoms with E-state index in [4.69, 9.17) is 0 Å². The van der Waals surface area contributed by atoms with Crippen molar-refractivity contribution in [3.8, 4) is 33.4 Å². The lowest BCUT2D eigenvalue weighted by Crippen LogP contribution is -2.20. The Bertz CT molecular complexity index is 2260. The summed E-state index contributed by atoms with van der Waals surface area (Å²) >= 11 is 0. The molecule has 0 spiro atoms. The smallest absolute Gasteiger partial charge is 0.0465 e. The van der Waals surface area contributed by atoms with Gasteiger partial charge in [-0.15, -0.1) is 0 Å². The van der Waals surface area contributed by atoms with Gasteiger partial charge < -0.3 is 4.90 Å². The number of benzene rings is 6. The van der Waals surface area contributed by atoms with Gasteiger partial charge in [0.25, 0.3) is 0 Å². The van der Waals surface area contributed by atoms with Crippen LogP contribution in [0.4, 0.5) is 17.1 Å². The maximum atomic E-state index is 2.52. The van der Waals surface area contributed by atoms with E-state index in [9.17, 15) is 0 Å². The topological polar surface area (TPSA) is 3.24 Å². The first-order valence-electron chi connectivity index (χ1n) is 20.4. The van der Waals surface area contributed by atoms with Crippen LogP contribution in [0.2, 0.25) is 0 Å². The Labute approximate surface area is 316 Å². The standard InChI is InChI=1S/C52H51N/c1-51(2)49-34-43(28-29-46(49)48-19-11-18-47(50(48)51)45-17-10-9-16-44(45)39-14-7-4-8-15-39)53(41-24-20-38(21-25-41)37-12-5-3-6-13-37)42-26-22-40(23-27-42)52-32-30-36(35-52)31-33-52/h4,7-11,14-29,34,36-37H,3,5-6,12-13,30-33,35H2,1-2H3. The van der Waals surface area contributed by atoms with Crippen LogP contribution in [0, 0.1) is 5.92 Å². The highest BCUT2D eigenvalue weighted by Gasteiger charge is 2.45. The molecular formula is C52H51N. The Kier molecular flexibility index (Phi) is 7.97. The van der Waals surface area contributed by atoms with E-state index < -0.39 is 0 Å². The summed E-state index contributed by atoms with van der Waals surface area (Å²) in [5.74, 6) is 1.65. The lowest BCUT2D eigenvalue weighted by atomic mass is 9.77. The molecule has 264 valence electrons. The Hall–Kier alpha value is -4.88. The minimum Gasteiger partial charge on any atom is -0.310 e. The van der Waals surface area contributed by atoms with E-state index >= 15 is 0 Å². The minimum atomic E-state index is -0.178. The summed E-state index contributed by atoms with van der Waals surface area (Å²) in [6.07, 6.45) is 13.7. The maximum absolute atomic E-state index is 2.52. The third kappa shape index (κ3) is 5.50. The van der Waals surface area contributed by atoms with Gasteiger partial charge in [0.2, 0.25) is 0 Å². The largest absolute Gasteiger partial charge is 0.310 e. The van der Waals surface area contributed by atoms with Crippen molar-refractivity contribution in [2.24, 2.45) is 5.92 Å². The number of fused-ring (bicyclic) bond motifs is 5. The van der Waals surface area contributed by atoms with Crippen molar-refractivity contribution in [3.63, 3.8) is 0 Å². The number of nitrogens with zero attached hydrogens (tertiary/aromatic N) is 1. The molecular weight excluding hydrogens is 639 g/mol. The average Bonchev–Trinajstić information content (AvgIpc) is 3.91. The molecule has 0 aliphatic heterocycles. The molecule has 3 saturated carbocycles. The van der Waals surface area contributed by atoms with Crippen LogP contribution in [-0.4, -0.2) is 0 Å². The van der Waals surface area contributed by atoms with Crippen molar-refractivity contribution < 1.29 is 0 Å². The highest BCUT2D eigenvalue weighted by atomic mass is 15.1. The first-order chi connectivity index (χ1) is 26.0. The number of rotatable bonds is 7. The van der Waals surface area contributed by atoms with Crippen LogP contribution in [0.25, 0.3) is 33.4 Å². The van der Waals surface area contributed by atoms with E-state index in [2.05, 4.69) is 158 Å². The molecule has 6 aromatic rings. The summed E-state index contributed by atoms with van der Waals surface area (Å²) in [5, 5.41) is 0. The number of anilines is 3. The predicted molar refractivity (Wildman–Crippen MR) is 224 cm³/mol. The predicted octanol–water partition coefficient (Wildman–Crippen LogP) is 14.7. The van der Waals surface area contributed by atoms with Crippen LogP contribution < -0.4 is 4.90 Å². The summed E-state index contributed by atoms with van der Waals surface area (Å²) in [4.78, 5) is 2.52. The summed E-state index contributed by atoms with van der Waals surface area (Å²) in [6, 6.07) is 53.4. The number of hydrogen-bond acceptors (Lipinski definition) is 1. The minimum absolute atomic E-state index is 0.178. The van der Waals surface area contributed by atoms with Gasteiger partial charge in [-0.3, -0.25) is 0 Å². The molecule has 4 aliphatic rings. The van der Waals surface area contributed by atoms with Crippen LogP contribution in [0.5, 0.6) is 0 Å². The molecule has 6 aromatic carbocycles. The molecule has 0 heterocycles. The molecule has 0 radical (unpaired) electrons. The molecule has 1 heteroatoms. The van der Waals surface area contributed by atoms with Crippen LogP contribution in [0.15, 0.2) is 140 Å². The second kappa shape index (κ2) is 12.9. The molecule has 2 bridgehead atoms. The van der Waals surface area contributed by atoms with Crippen molar-refractivity contribution in [2.45, 2.75) is 94.8 Å². The lowest BCUT2D eigenvalue weighted by Gasteiger charge is -2.31. The van der Waals surface area contributed by atoms with E-state index in [-0.39, 0.29) is 5.41 Å². The Morgan fingerprint density at radius 3 is 1.79 bits per heavy atom. The second-order valence-corrected chi connectivity index (χ2v) is 17.2. The molecule has 0 aromatic heterocycles. The van der Waals surface area contributed by atoms with Crippen LogP contribution in [0.3, 0.4) is 0 Å². The third-order valence-electron chi connectivity index (χ3n) is 13.9. The van der Waals surface area contributed by atoms with Crippen molar-refractivity contribution >= 4 is 17.1 Å². The molecule has 53 heavy (non-hydrogen) atoms. The van der Waals surface area contributed by atoms with Gasteiger partial charge in [0.1, 0.15) is 0 Å². The quantitative estimate of drug-likeness (QED) is 0.161. The highest BCUT2D eigenvalue weighted by molar-refractivity contribution is 5.94. The van der Waals surface area contributed by atoms with Crippen LogP contribution in [-0.2, 0) is 10.8 Å². The fraction of sp³-hybridized carbons (Fsp3) is 0.308. The highest BCUT2D eigenvalue weighted by Crippen LogP contribution is 2.57. The van der Waals surface area contributed by atoms with Gasteiger partial charge in [0.15, 0.2) is 0 Å². The maximum Gasteiger partial charge on any atom is 0.0465 e. The van der Waals surface area contributed by atoms with Gasteiger partial charge in [-0.2, -0.15) is 0 Å². The van der Waals surface area contributed by atoms with Gasteiger partial charge in [0, 0.05) is 22.5 Å². The average molecular weight is 690 g/mol. The SMILES string of the molecule is CC1(C)c2cc(N(c3ccc(C4CCCCC4)cc3)c3ccc(C45CCC(CC4)C5)cc3)ccc2-c2cccc(-c3ccccc3-c3ccccc3)c21. The zero-order valence-electron chi connectivity index (χ0n) is 31.5. The van der Waals surface area contributed by atoms with E-state index in [1.54, 1.807) is 5.56 Å². The first kappa shape index (κ1) is 32.7. The first-order valence-corrected chi connectivity index (χ1v) is 20.4. The molecule has 3 fully saturated rings. The molecule has 0 N–H and O–H groups in total. The van der Waals surface area contributed by atoms with Crippen molar-refractivity contribution in [1.82, 2.24) is 0 Å². The number of hydrogen-bond donors (Lipinski definition) is 0. The monoisotopic (exact) mass is 689 g/mol. The van der Waals surface area contributed by atoms with E-state index in [0.29, 0.717) is 11.3 Å². The van der Waals surface area contributed by atoms with E-state index in [0.717, 1.165) is 5.92 Å². The molecule has 0 atom stereocenters. The van der Waals surface area contributed by atoms with Crippen molar-refractivity contribution in [3.05, 3.63) is 162 Å². The van der Waals surface area contributed by atoms with Crippen molar-refractivity contribution in [2.75, 3.05) is 4.90 Å². The van der Waals surface area contributed by atoms with Gasteiger partial charge in [-0.25, -0.2) is 0 Å². The fourth-order valence-electron chi connectivity index (χ4n) is 11.2. The second-order valence-electron chi connectivity index (χ2n) is 17.2. The molecule has 4 aliphatic carbocycles. The molecule has 10 rings (SSSR count). The van der Waals surface area contributed by atoms with Crippen molar-refractivity contribution in [1.29, 1.82) is 0 Å². The van der Waals surface area contributed by atoms with Gasteiger partial charge >= 0.3 is 0 Å². The summed E-state index contributed by atoms with van der Waals surface area (Å²) in [7, 11) is 0. The molecule has 0 amide bonds. The van der Waals surface area contributed by atoms with E-state index in [1.807, 2.05) is 0 Å². The van der Waals surface area contributed by atoms with E-state index in [1.165, 1.54) is 131 Å². The third-order valence-corrected chi connectivity index (χ3v) is 13.9. The van der Waals surface area contributed by atoms with Crippen LogP contribution in [0.1, 0.15) is 106 Å². The fourth-order valence-corrected chi connectivity index (χ4v) is 11.2. The summed E-state index contributed by atoms with van der Waals surface area (Å²) in [6.45, 7) is 4.87. The zero-order chi connectivity index (χ0) is 35.6. The molecule has 0 unspecified atom stereocenters. The van der Waals surface area contributed by atoms with Crippen LogP contribution >= 0.6 is 0 Å². The molecule has 0 saturated heterocycles. The molecule has 1 nitrogen and oxygen atoms in total. The Morgan fingerprint density at radius 1 is 0.509 bits per heavy atom. The lowest BCUT2D eigenvalue weighted by molar-refractivity contribution is 0.419. The van der Waals surface area contributed by atoms with Gasteiger partial charge in [-0.1, -0.05) is 136 Å². The normalized spacial score (nSPS) is 21.4. The summed E-state index contributed by atoms with van der Waals surface area (Å²) < 4.78 is 0. The Balaban J connectivity index is 1.06. The van der Waals surface area contributed by atoms with Gasteiger partial charge in [0.05, 0.1) is 0 Å². The van der Waals surface area contributed by atoms with Gasteiger partial charge in [-0.05, 0) is 154 Å².